The summed E-state index contributed by atoms with van der Waals surface area (Å²) < 4.78 is 0. The van der Waals surface area contributed by atoms with Crippen molar-refractivity contribution in [3.63, 3.8) is 0 Å². The predicted molar refractivity (Wildman–Crippen MR) is 103 cm³/mol. The Labute approximate surface area is 169 Å². The van der Waals surface area contributed by atoms with Crippen molar-refractivity contribution in [1.29, 1.82) is 0 Å². The number of primary amides is 1. The van der Waals surface area contributed by atoms with Crippen LogP contribution >= 0.6 is 0 Å². The van der Waals surface area contributed by atoms with Crippen LogP contribution in [0.5, 0.6) is 0 Å². The highest BCUT2D eigenvalue weighted by atomic mass is 16.4. The molecule has 0 aromatic rings. The minimum atomic E-state index is -1.19. The van der Waals surface area contributed by atoms with E-state index >= 15 is 0 Å². The minimum Gasteiger partial charge on any atom is -0.480 e. The minimum absolute atomic E-state index is 0.0267. The predicted octanol–water partition coefficient (Wildman–Crippen LogP) is -1.70. The molecule has 0 bridgehead atoms. The molecule has 1 rings (SSSR count). The fraction of sp³-hybridized carbons (Fsp3) is 0.722. The average molecular weight is 413 g/mol. The van der Waals surface area contributed by atoms with Crippen LogP contribution in [0.15, 0.2) is 0 Å². The standard InChI is InChI=1S/C18H31N5O6/c1-9(2)14(20)16(26)22-11(6-7-13(19)24)17(27)23-8-4-5-12(23)15(25)21-10(3)18(28)29/h9-12,14H,4-8,20H2,1-3H3,(H2,19,24)(H,21,25)(H,22,26)(H,28,29). The summed E-state index contributed by atoms with van der Waals surface area (Å²) >= 11 is 0. The van der Waals surface area contributed by atoms with Gasteiger partial charge in [0.15, 0.2) is 0 Å². The highest BCUT2D eigenvalue weighted by Gasteiger charge is 2.38. The molecule has 11 heteroatoms. The van der Waals surface area contributed by atoms with Crippen LogP contribution < -0.4 is 22.1 Å². The third-order valence-electron chi connectivity index (χ3n) is 4.88. The van der Waals surface area contributed by atoms with Crippen LogP contribution in [0.25, 0.3) is 0 Å². The van der Waals surface area contributed by atoms with E-state index in [1.807, 2.05) is 0 Å². The molecular weight excluding hydrogens is 382 g/mol. The first-order valence-electron chi connectivity index (χ1n) is 9.63. The molecule has 29 heavy (non-hydrogen) atoms. The van der Waals surface area contributed by atoms with Crippen molar-refractivity contribution in [1.82, 2.24) is 15.5 Å². The molecule has 4 amide bonds. The summed E-state index contributed by atoms with van der Waals surface area (Å²) in [5, 5.41) is 13.9. The van der Waals surface area contributed by atoms with E-state index in [9.17, 15) is 24.0 Å². The van der Waals surface area contributed by atoms with Gasteiger partial charge in [-0.15, -0.1) is 0 Å². The van der Waals surface area contributed by atoms with Crippen molar-refractivity contribution in [2.45, 2.75) is 70.6 Å². The molecule has 7 N–H and O–H groups in total. The molecule has 0 radical (unpaired) electrons. The molecule has 0 aliphatic carbocycles. The van der Waals surface area contributed by atoms with E-state index < -0.39 is 53.8 Å². The zero-order chi connectivity index (χ0) is 22.3. The number of carbonyl (C=O) groups is 5. The van der Waals surface area contributed by atoms with Gasteiger partial charge < -0.3 is 32.1 Å². The van der Waals surface area contributed by atoms with E-state index in [0.29, 0.717) is 12.8 Å². The van der Waals surface area contributed by atoms with Gasteiger partial charge in [-0.25, -0.2) is 0 Å². The van der Waals surface area contributed by atoms with Gasteiger partial charge in [-0.3, -0.25) is 24.0 Å². The summed E-state index contributed by atoms with van der Waals surface area (Å²) in [6.07, 6.45) is 0.759. The summed E-state index contributed by atoms with van der Waals surface area (Å²) in [5.41, 5.74) is 11.0. The van der Waals surface area contributed by atoms with Crippen molar-refractivity contribution < 1.29 is 29.1 Å². The van der Waals surface area contributed by atoms with Gasteiger partial charge in [-0.1, -0.05) is 13.8 Å². The van der Waals surface area contributed by atoms with Gasteiger partial charge in [0, 0.05) is 13.0 Å². The topological polar surface area (TPSA) is 185 Å². The van der Waals surface area contributed by atoms with Crippen LogP contribution in [0.4, 0.5) is 0 Å². The first-order valence-corrected chi connectivity index (χ1v) is 9.63. The number of carboxylic acid groups (broad SMARTS) is 1. The van der Waals surface area contributed by atoms with Gasteiger partial charge in [0.25, 0.3) is 0 Å². The fourth-order valence-corrected chi connectivity index (χ4v) is 2.99. The number of hydrogen-bond acceptors (Lipinski definition) is 6. The van der Waals surface area contributed by atoms with Gasteiger partial charge in [0.1, 0.15) is 18.1 Å². The molecule has 1 aliphatic heterocycles. The molecule has 164 valence electrons. The van der Waals surface area contributed by atoms with Crippen molar-refractivity contribution >= 4 is 29.6 Å². The third kappa shape index (κ3) is 7.00. The smallest absolute Gasteiger partial charge is 0.325 e. The highest BCUT2D eigenvalue weighted by Crippen LogP contribution is 2.20. The summed E-state index contributed by atoms with van der Waals surface area (Å²) in [4.78, 5) is 61.2. The largest absolute Gasteiger partial charge is 0.480 e. The lowest BCUT2D eigenvalue weighted by Gasteiger charge is -2.30. The van der Waals surface area contributed by atoms with E-state index in [-0.39, 0.29) is 25.3 Å². The van der Waals surface area contributed by atoms with Crippen LogP contribution in [0.3, 0.4) is 0 Å². The summed E-state index contributed by atoms with van der Waals surface area (Å²) in [5.74, 6) is -3.63. The summed E-state index contributed by atoms with van der Waals surface area (Å²) in [6, 6.07) is -3.86. The number of carboxylic acids is 1. The Kier molecular flexibility index (Phi) is 9.02. The van der Waals surface area contributed by atoms with Gasteiger partial charge in [0.05, 0.1) is 6.04 Å². The fourth-order valence-electron chi connectivity index (χ4n) is 2.99. The quantitative estimate of drug-likeness (QED) is 0.282. The number of likely N-dealkylation sites (tertiary alicyclic amines) is 1. The Bertz CT molecular complexity index is 653. The van der Waals surface area contributed by atoms with E-state index in [4.69, 9.17) is 16.6 Å². The number of amides is 4. The Morgan fingerprint density at radius 3 is 2.28 bits per heavy atom. The zero-order valence-corrected chi connectivity index (χ0v) is 17.0. The second kappa shape index (κ2) is 10.7. The first-order chi connectivity index (χ1) is 13.5. The molecule has 0 aromatic carbocycles. The Morgan fingerprint density at radius 2 is 1.76 bits per heavy atom. The molecular formula is C18H31N5O6. The van der Waals surface area contributed by atoms with Crippen molar-refractivity contribution in [2.24, 2.45) is 17.4 Å². The maximum absolute atomic E-state index is 13.0. The number of nitrogens with zero attached hydrogens (tertiary/aromatic N) is 1. The van der Waals surface area contributed by atoms with Crippen molar-refractivity contribution in [2.75, 3.05) is 6.54 Å². The second-order valence-electron chi connectivity index (χ2n) is 7.59. The number of hydrogen-bond donors (Lipinski definition) is 5. The molecule has 11 nitrogen and oxygen atoms in total. The van der Waals surface area contributed by atoms with Crippen LogP contribution in [-0.4, -0.2) is 70.3 Å². The van der Waals surface area contributed by atoms with E-state index in [1.165, 1.54) is 11.8 Å². The van der Waals surface area contributed by atoms with E-state index in [1.54, 1.807) is 13.8 Å². The zero-order valence-electron chi connectivity index (χ0n) is 17.0. The Hall–Kier alpha value is -2.69. The van der Waals surface area contributed by atoms with Gasteiger partial charge in [-0.05, 0) is 32.1 Å². The molecule has 0 spiro atoms. The highest BCUT2D eigenvalue weighted by molar-refractivity contribution is 5.94. The summed E-state index contributed by atoms with van der Waals surface area (Å²) in [6.45, 7) is 5.12. The lowest BCUT2D eigenvalue weighted by atomic mass is 10.0. The molecule has 0 saturated carbocycles. The molecule has 1 aliphatic rings. The van der Waals surface area contributed by atoms with Crippen LogP contribution in [0.2, 0.25) is 0 Å². The second-order valence-corrected chi connectivity index (χ2v) is 7.59. The van der Waals surface area contributed by atoms with E-state index in [2.05, 4.69) is 10.6 Å². The molecule has 4 atom stereocenters. The Balaban J connectivity index is 2.94. The number of nitrogens with two attached hydrogens (primary N) is 2. The van der Waals surface area contributed by atoms with Gasteiger partial charge in [0.2, 0.25) is 23.6 Å². The van der Waals surface area contributed by atoms with Gasteiger partial charge >= 0.3 is 5.97 Å². The van der Waals surface area contributed by atoms with Crippen molar-refractivity contribution in [3.8, 4) is 0 Å². The normalized spacial score (nSPS) is 19.3. The lowest BCUT2D eigenvalue weighted by molar-refractivity contribution is -0.144. The molecule has 4 unspecified atom stereocenters. The first kappa shape index (κ1) is 24.3. The SMILES string of the molecule is CC(NC(=O)C1CCCN1C(=O)C(CCC(N)=O)NC(=O)C(N)C(C)C)C(=O)O. The molecule has 0 aromatic heterocycles. The Morgan fingerprint density at radius 1 is 1.14 bits per heavy atom. The van der Waals surface area contributed by atoms with E-state index in [0.717, 1.165) is 0 Å². The van der Waals surface area contributed by atoms with Gasteiger partial charge in [-0.2, -0.15) is 0 Å². The molecule has 1 saturated heterocycles. The third-order valence-corrected chi connectivity index (χ3v) is 4.88. The molecule has 1 fully saturated rings. The number of aliphatic carboxylic acids is 1. The number of rotatable bonds is 10. The number of carbonyl (C=O) groups excluding carboxylic acids is 4. The molecule has 1 heterocycles. The van der Waals surface area contributed by atoms with Crippen molar-refractivity contribution in [3.05, 3.63) is 0 Å². The van der Waals surface area contributed by atoms with Crippen LogP contribution in [-0.2, 0) is 24.0 Å². The van der Waals surface area contributed by atoms with Crippen LogP contribution in [0, 0.1) is 5.92 Å². The monoisotopic (exact) mass is 413 g/mol. The average Bonchev–Trinajstić information content (AvgIpc) is 3.13. The number of nitrogens with one attached hydrogen (secondary N) is 2. The maximum atomic E-state index is 13.0. The van der Waals surface area contributed by atoms with Crippen LogP contribution in [0.1, 0.15) is 46.5 Å². The maximum Gasteiger partial charge on any atom is 0.325 e. The summed E-state index contributed by atoms with van der Waals surface area (Å²) in [7, 11) is 0. The lowest BCUT2D eigenvalue weighted by Crippen LogP contribution is -2.57.